The Hall–Kier alpha value is -2.40. The van der Waals surface area contributed by atoms with Gasteiger partial charge >= 0.3 is 0 Å². The van der Waals surface area contributed by atoms with Gasteiger partial charge in [0, 0.05) is 32.8 Å². The van der Waals surface area contributed by atoms with Gasteiger partial charge in [-0.15, -0.1) is 0 Å². The number of rotatable bonds is 5. The van der Waals surface area contributed by atoms with Gasteiger partial charge in [0.05, 0.1) is 17.4 Å². The van der Waals surface area contributed by atoms with Gasteiger partial charge in [-0.1, -0.05) is 24.3 Å². The van der Waals surface area contributed by atoms with E-state index < -0.39 is 0 Å². The van der Waals surface area contributed by atoms with Crippen LogP contribution in [0.25, 0.3) is 0 Å². The van der Waals surface area contributed by atoms with Crippen molar-refractivity contribution in [1.29, 1.82) is 0 Å². The standard InChI is InChI=1S/C18H21N3O2/c1-20-17(13-15(19-20)8-12-23)18-16-6-3-2-5-14(16)7-10-21(18)9-4-11-22/h2-6,9,11,13,18,23H,7-8,10,12H2,1H3. The summed E-state index contributed by atoms with van der Waals surface area (Å²) >= 11 is 0. The molecule has 0 bridgehead atoms. The Morgan fingerprint density at radius 2 is 2.22 bits per heavy atom. The summed E-state index contributed by atoms with van der Waals surface area (Å²) in [7, 11) is 1.93. The number of aromatic nitrogens is 2. The number of allylic oxidation sites excluding steroid dienone is 1. The minimum atomic E-state index is 0.0288. The molecule has 120 valence electrons. The quantitative estimate of drug-likeness (QED) is 0.673. The molecule has 0 fully saturated rings. The van der Waals surface area contributed by atoms with Crippen molar-refractivity contribution in [2.24, 2.45) is 7.05 Å². The van der Waals surface area contributed by atoms with E-state index in [1.807, 2.05) is 30.1 Å². The maximum absolute atomic E-state index is 10.7. The fourth-order valence-corrected chi connectivity index (χ4v) is 3.26. The maximum Gasteiger partial charge on any atom is 0.144 e. The van der Waals surface area contributed by atoms with E-state index in [1.54, 1.807) is 0 Å². The van der Waals surface area contributed by atoms with Gasteiger partial charge in [0.2, 0.25) is 0 Å². The zero-order chi connectivity index (χ0) is 16.2. The third-order valence-corrected chi connectivity index (χ3v) is 4.29. The summed E-state index contributed by atoms with van der Waals surface area (Å²) in [6.07, 6.45) is 5.69. The van der Waals surface area contributed by atoms with E-state index >= 15 is 0 Å². The Morgan fingerprint density at radius 3 is 3.00 bits per heavy atom. The van der Waals surface area contributed by atoms with Crippen LogP contribution >= 0.6 is 0 Å². The third kappa shape index (κ3) is 3.05. The van der Waals surface area contributed by atoms with E-state index in [4.69, 9.17) is 5.11 Å². The van der Waals surface area contributed by atoms with Crippen LogP contribution in [0.3, 0.4) is 0 Å². The van der Waals surface area contributed by atoms with E-state index in [2.05, 4.69) is 28.2 Å². The lowest BCUT2D eigenvalue weighted by atomic mass is 9.90. The van der Waals surface area contributed by atoms with Gasteiger partial charge < -0.3 is 10.0 Å². The summed E-state index contributed by atoms with van der Waals surface area (Å²) in [5.74, 6) is 0. The zero-order valence-electron chi connectivity index (χ0n) is 13.2. The van der Waals surface area contributed by atoms with Gasteiger partial charge in [0.1, 0.15) is 6.29 Å². The molecule has 5 nitrogen and oxygen atoms in total. The van der Waals surface area contributed by atoms with Gasteiger partial charge in [-0.3, -0.25) is 9.48 Å². The molecule has 1 aliphatic rings. The number of hydrogen-bond acceptors (Lipinski definition) is 4. The maximum atomic E-state index is 10.7. The second-order valence-corrected chi connectivity index (χ2v) is 5.72. The van der Waals surface area contributed by atoms with Crippen molar-refractivity contribution in [3.8, 4) is 0 Å². The molecule has 0 saturated carbocycles. The monoisotopic (exact) mass is 311 g/mol. The fraction of sp³-hybridized carbons (Fsp3) is 0.333. The number of aryl methyl sites for hydroxylation is 1. The lowest BCUT2D eigenvalue weighted by Gasteiger charge is -2.36. The van der Waals surface area contributed by atoms with Crippen LogP contribution in [0.2, 0.25) is 0 Å². The van der Waals surface area contributed by atoms with E-state index in [9.17, 15) is 4.79 Å². The molecule has 3 rings (SSSR count). The van der Waals surface area contributed by atoms with Crippen LogP contribution < -0.4 is 0 Å². The molecule has 2 heterocycles. The van der Waals surface area contributed by atoms with Crippen LogP contribution in [0, 0.1) is 0 Å². The Balaban J connectivity index is 2.07. The van der Waals surface area contributed by atoms with Crippen molar-refractivity contribution in [2.75, 3.05) is 13.2 Å². The van der Waals surface area contributed by atoms with Gasteiger partial charge in [-0.25, -0.2) is 0 Å². The topological polar surface area (TPSA) is 58.4 Å². The van der Waals surface area contributed by atoms with Crippen LogP contribution in [0.1, 0.15) is 28.6 Å². The molecule has 5 heteroatoms. The highest BCUT2D eigenvalue weighted by molar-refractivity contribution is 5.64. The van der Waals surface area contributed by atoms with E-state index in [0.29, 0.717) is 6.42 Å². The van der Waals surface area contributed by atoms with Gasteiger partial charge in [-0.2, -0.15) is 5.10 Å². The van der Waals surface area contributed by atoms with Crippen molar-refractivity contribution in [1.82, 2.24) is 14.7 Å². The molecule has 2 aromatic rings. The van der Waals surface area contributed by atoms with Crippen LogP contribution in [-0.4, -0.2) is 39.2 Å². The summed E-state index contributed by atoms with van der Waals surface area (Å²) in [4.78, 5) is 12.9. The molecule has 23 heavy (non-hydrogen) atoms. The number of nitrogens with zero attached hydrogens (tertiary/aromatic N) is 3. The number of aliphatic hydroxyl groups excluding tert-OH is 1. The van der Waals surface area contributed by atoms with Crippen LogP contribution in [-0.2, 0) is 24.7 Å². The van der Waals surface area contributed by atoms with Crippen LogP contribution in [0.15, 0.2) is 42.6 Å². The first-order valence-corrected chi connectivity index (χ1v) is 7.83. The number of aldehydes is 1. The number of carbonyl (C=O) groups excluding carboxylic acids is 1. The molecule has 1 unspecified atom stereocenters. The smallest absolute Gasteiger partial charge is 0.144 e. The number of fused-ring (bicyclic) bond motifs is 1. The molecular weight excluding hydrogens is 290 g/mol. The Bertz CT molecular complexity index is 721. The minimum Gasteiger partial charge on any atom is -0.396 e. The first kappa shape index (κ1) is 15.5. The van der Waals surface area contributed by atoms with Crippen LogP contribution in [0.5, 0.6) is 0 Å². The number of benzene rings is 1. The van der Waals surface area contributed by atoms with E-state index in [-0.39, 0.29) is 12.6 Å². The third-order valence-electron chi connectivity index (χ3n) is 4.29. The second kappa shape index (κ2) is 6.79. The first-order valence-electron chi connectivity index (χ1n) is 7.83. The molecule has 0 saturated heterocycles. The summed E-state index contributed by atoms with van der Waals surface area (Å²) in [6, 6.07) is 10.5. The van der Waals surface area contributed by atoms with E-state index in [1.165, 1.54) is 17.2 Å². The normalized spacial score (nSPS) is 17.5. The predicted octanol–water partition coefficient (Wildman–Crippen LogP) is 1.61. The summed E-state index contributed by atoms with van der Waals surface area (Å²) in [5, 5.41) is 13.6. The van der Waals surface area contributed by atoms with Crippen molar-refractivity contribution in [3.63, 3.8) is 0 Å². The molecule has 1 atom stereocenters. The molecule has 0 spiro atoms. The molecule has 1 aliphatic heterocycles. The largest absolute Gasteiger partial charge is 0.396 e. The fourth-order valence-electron chi connectivity index (χ4n) is 3.26. The molecule has 0 radical (unpaired) electrons. The van der Waals surface area contributed by atoms with Crippen LogP contribution in [0.4, 0.5) is 0 Å². The summed E-state index contributed by atoms with van der Waals surface area (Å²) in [5.41, 5.74) is 4.52. The van der Waals surface area contributed by atoms with Gasteiger partial charge in [0.25, 0.3) is 0 Å². The molecular formula is C18H21N3O2. The first-order chi connectivity index (χ1) is 11.2. The summed E-state index contributed by atoms with van der Waals surface area (Å²) < 4.78 is 1.87. The van der Waals surface area contributed by atoms with Crippen molar-refractivity contribution in [2.45, 2.75) is 18.9 Å². The Labute approximate surface area is 135 Å². The lowest BCUT2D eigenvalue weighted by Crippen LogP contribution is -2.33. The highest BCUT2D eigenvalue weighted by Crippen LogP contribution is 2.35. The molecule has 0 aliphatic carbocycles. The van der Waals surface area contributed by atoms with E-state index in [0.717, 1.165) is 30.6 Å². The highest BCUT2D eigenvalue weighted by atomic mass is 16.3. The van der Waals surface area contributed by atoms with Crippen molar-refractivity contribution >= 4 is 6.29 Å². The minimum absolute atomic E-state index is 0.0288. The van der Waals surface area contributed by atoms with Gasteiger partial charge in [0.15, 0.2) is 0 Å². The Morgan fingerprint density at radius 1 is 1.39 bits per heavy atom. The Kier molecular flexibility index (Phi) is 4.57. The second-order valence-electron chi connectivity index (χ2n) is 5.72. The predicted molar refractivity (Wildman–Crippen MR) is 87.9 cm³/mol. The number of carbonyl (C=O) groups is 1. The average Bonchev–Trinajstić information content (AvgIpc) is 2.92. The molecule has 1 aromatic heterocycles. The molecule has 1 aromatic carbocycles. The van der Waals surface area contributed by atoms with Gasteiger partial charge in [-0.05, 0) is 29.7 Å². The average molecular weight is 311 g/mol. The number of hydrogen-bond donors (Lipinski definition) is 1. The van der Waals surface area contributed by atoms with Crippen molar-refractivity contribution < 1.29 is 9.90 Å². The lowest BCUT2D eigenvalue weighted by molar-refractivity contribution is -0.104. The highest BCUT2D eigenvalue weighted by Gasteiger charge is 2.29. The SMILES string of the molecule is Cn1nc(CCO)cc1C1c2ccccc2CCN1C=CC=O. The summed E-state index contributed by atoms with van der Waals surface area (Å²) in [6.45, 7) is 0.943. The van der Waals surface area contributed by atoms with Crippen molar-refractivity contribution in [3.05, 3.63) is 65.1 Å². The molecule has 1 N–H and O–H groups in total. The number of aliphatic hydroxyl groups is 1. The zero-order valence-corrected chi connectivity index (χ0v) is 13.2. The molecule has 0 amide bonds.